The van der Waals surface area contributed by atoms with E-state index in [4.69, 9.17) is 9.47 Å². The van der Waals surface area contributed by atoms with Gasteiger partial charge in [-0.2, -0.15) is 0 Å². The number of hydrogen-bond acceptors (Lipinski definition) is 6. The molecule has 0 bridgehead atoms. The van der Waals surface area contributed by atoms with Crippen molar-refractivity contribution in [3.63, 3.8) is 0 Å². The average molecular weight is 501 g/mol. The molecule has 1 saturated heterocycles. The van der Waals surface area contributed by atoms with Gasteiger partial charge in [0, 0.05) is 30.9 Å². The Labute approximate surface area is 217 Å². The van der Waals surface area contributed by atoms with Crippen molar-refractivity contribution < 1.29 is 24.2 Å². The number of likely N-dealkylation sites (tertiary alicyclic amines) is 1. The number of nitrogens with zero attached hydrogens (tertiary/aromatic N) is 2. The van der Waals surface area contributed by atoms with Gasteiger partial charge in [-0.1, -0.05) is 37.3 Å². The van der Waals surface area contributed by atoms with Crippen LogP contribution in [0.2, 0.25) is 0 Å². The van der Waals surface area contributed by atoms with Crippen molar-refractivity contribution in [3.8, 4) is 11.5 Å². The summed E-state index contributed by atoms with van der Waals surface area (Å²) < 4.78 is 11.1. The van der Waals surface area contributed by atoms with Crippen LogP contribution in [0, 0.1) is 0 Å². The highest BCUT2D eigenvalue weighted by molar-refractivity contribution is 6.46. The zero-order valence-electron chi connectivity index (χ0n) is 21.6. The van der Waals surface area contributed by atoms with Crippen molar-refractivity contribution in [2.24, 2.45) is 0 Å². The van der Waals surface area contributed by atoms with E-state index in [1.54, 1.807) is 31.4 Å². The summed E-state index contributed by atoms with van der Waals surface area (Å²) in [5, 5.41) is 11.3. The largest absolute Gasteiger partial charge is 0.507 e. The van der Waals surface area contributed by atoms with Gasteiger partial charge < -0.3 is 24.4 Å². The molecule has 4 rings (SSSR count). The molecule has 1 amide bonds. The Morgan fingerprint density at radius 2 is 1.65 bits per heavy atom. The zero-order valence-corrected chi connectivity index (χ0v) is 21.6. The Hall–Kier alpha value is -4.26. The fraction of sp³-hybridized carbons (Fsp3) is 0.267. The smallest absolute Gasteiger partial charge is 0.295 e. The van der Waals surface area contributed by atoms with E-state index in [2.05, 4.69) is 0 Å². The van der Waals surface area contributed by atoms with Gasteiger partial charge in [-0.25, -0.2) is 0 Å². The van der Waals surface area contributed by atoms with Crippen LogP contribution in [0.5, 0.6) is 11.5 Å². The number of rotatable bonds is 9. The molecule has 3 aromatic rings. The Bertz CT molecular complexity index is 1300. The van der Waals surface area contributed by atoms with Gasteiger partial charge in [-0.3, -0.25) is 9.59 Å². The number of aliphatic hydroxyl groups excluding tert-OH is 1. The van der Waals surface area contributed by atoms with Crippen LogP contribution in [0.4, 0.5) is 5.69 Å². The van der Waals surface area contributed by atoms with Crippen molar-refractivity contribution in [1.29, 1.82) is 0 Å². The lowest BCUT2D eigenvalue weighted by atomic mass is 9.95. The lowest BCUT2D eigenvalue weighted by molar-refractivity contribution is -0.140. The summed E-state index contributed by atoms with van der Waals surface area (Å²) in [5.41, 5.74) is 2.96. The van der Waals surface area contributed by atoms with Gasteiger partial charge in [0.25, 0.3) is 11.7 Å². The van der Waals surface area contributed by atoms with Crippen LogP contribution < -0.4 is 14.4 Å². The first-order chi connectivity index (χ1) is 17.8. The normalized spacial score (nSPS) is 16.6. The second kappa shape index (κ2) is 11.2. The van der Waals surface area contributed by atoms with E-state index in [9.17, 15) is 14.7 Å². The predicted molar refractivity (Wildman–Crippen MR) is 144 cm³/mol. The van der Waals surface area contributed by atoms with Gasteiger partial charge in [0.2, 0.25) is 0 Å². The lowest BCUT2D eigenvalue weighted by Gasteiger charge is -2.26. The van der Waals surface area contributed by atoms with Crippen LogP contribution in [0.3, 0.4) is 0 Å². The second-order valence-corrected chi connectivity index (χ2v) is 9.10. The number of Topliss-reactive ketones (excluding diaryl/α,β-unsaturated/α-hetero) is 1. The molecule has 7 nitrogen and oxygen atoms in total. The second-order valence-electron chi connectivity index (χ2n) is 9.10. The number of benzene rings is 3. The number of anilines is 1. The van der Waals surface area contributed by atoms with Crippen LogP contribution in [0.1, 0.15) is 36.1 Å². The lowest BCUT2D eigenvalue weighted by Crippen LogP contribution is -2.29. The average Bonchev–Trinajstić information content (AvgIpc) is 3.17. The molecular weight excluding hydrogens is 468 g/mol. The van der Waals surface area contributed by atoms with Gasteiger partial charge in [0.1, 0.15) is 17.3 Å². The molecule has 1 N–H and O–H groups in total. The van der Waals surface area contributed by atoms with Crippen LogP contribution in [0.15, 0.2) is 78.4 Å². The Kier molecular flexibility index (Phi) is 7.82. The number of hydrogen-bond donors (Lipinski definition) is 1. The Balaban J connectivity index is 1.80. The predicted octanol–water partition coefficient (Wildman–Crippen LogP) is 5.17. The first kappa shape index (κ1) is 25.8. The molecule has 3 aromatic carbocycles. The number of amides is 1. The molecule has 1 unspecified atom stereocenters. The number of ketones is 1. The van der Waals surface area contributed by atoms with Crippen LogP contribution in [-0.4, -0.2) is 49.5 Å². The van der Waals surface area contributed by atoms with Crippen molar-refractivity contribution in [2.75, 3.05) is 32.7 Å². The number of carbonyl (C=O) groups is 2. The van der Waals surface area contributed by atoms with E-state index >= 15 is 0 Å². The molecule has 0 radical (unpaired) electrons. The molecular formula is C30H32N2O5. The highest BCUT2D eigenvalue weighted by Crippen LogP contribution is 2.41. The summed E-state index contributed by atoms with van der Waals surface area (Å²) in [6, 6.07) is 21.1. The molecule has 0 saturated carbocycles. The number of ether oxygens (including phenoxy) is 2. The van der Waals surface area contributed by atoms with E-state index in [1.165, 1.54) is 4.90 Å². The quantitative estimate of drug-likeness (QED) is 0.248. The minimum Gasteiger partial charge on any atom is -0.507 e. The number of methoxy groups -OCH3 is 1. The third-order valence-corrected chi connectivity index (χ3v) is 6.40. The molecule has 0 spiro atoms. The first-order valence-electron chi connectivity index (χ1n) is 12.3. The topological polar surface area (TPSA) is 79.3 Å². The van der Waals surface area contributed by atoms with Gasteiger partial charge in [-0.05, 0) is 54.4 Å². The van der Waals surface area contributed by atoms with E-state index < -0.39 is 17.7 Å². The maximum absolute atomic E-state index is 13.4. The number of para-hydroxylation sites is 1. The monoisotopic (exact) mass is 500 g/mol. The van der Waals surface area contributed by atoms with Crippen LogP contribution in [0.25, 0.3) is 5.76 Å². The summed E-state index contributed by atoms with van der Waals surface area (Å²) in [7, 11) is 5.45. The van der Waals surface area contributed by atoms with Gasteiger partial charge in [-0.15, -0.1) is 0 Å². The first-order valence-corrected chi connectivity index (χ1v) is 12.3. The summed E-state index contributed by atoms with van der Waals surface area (Å²) in [4.78, 5) is 30.2. The third-order valence-electron chi connectivity index (χ3n) is 6.40. The molecule has 192 valence electrons. The molecule has 1 fully saturated rings. The molecule has 37 heavy (non-hydrogen) atoms. The van der Waals surface area contributed by atoms with E-state index in [-0.39, 0.29) is 17.9 Å². The Morgan fingerprint density at radius 1 is 0.973 bits per heavy atom. The fourth-order valence-corrected chi connectivity index (χ4v) is 4.45. The van der Waals surface area contributed by atoms with Gasteiger partial charge in [0.05, 0.1) is 31.9 Å². The van der Waals surface area contributed by atoms with Crippen molar-refractivity contribution >= 4 is 23.1 Å². The summed E-state index contributed by atoms with van der Waals surface area (Å²) in [6.07, 6.45) is 0.879. The molecule has 1 aliphatic heterocycles. The Morgan fingerprint density at radius 3 is 2.27 bits per heavy atom. The minimum absolute atomic E-state index is 0.0553. The molecule has 0 aromatic heterocycles. The highest BCUT2D eigenvalue weighted by atomic mass is 16.5. The van der Waals surface area contributed by atoms with E-state index in [0.29, 0.717) is 23.7 Å². The molecule has 0 aliphatic carbocycles. The summed E-state index contributed by atoms with van der Waals surface area (Å²) in [6.45, 7) is 2.76. The zero-order chi connectivity index (χ0) is 26.5. The molecule has 1 aliphatic rings. The number of carbonyl (C=O) groups excluding carboxylic acids is 2. The standard InChI is InChI=1S/C30H32N2O5/c1-5-18-37-24-16-12-21(13-17-24)28(33)26-27(20-10-14-23(15-11-20)31(2)3)32(30(35)29(26)34)19-22-8-6-7-9-25(22)36-4/h6-17,27,33H,5,18-19H2,1-4H3/b28-26-. The van der Waals surface area contributed by atoms with Gasteiger partial charge in [0.15, 0.2) is 0 Å². The molecule has 1 heterocycles. The van der Waals surface area contributed by atoms with Crippen molar-refractivity contribution in [2.45, 2.75) is 25.9 Å². The number of aliphatic hydroxyl groups is 1. The molecule has 7 heteroatoms. The summed E-state index contributed by atoms with van der Waals surface area (Å²) in [5.74, 6) is -0.318. The maximum Gasteiger partial charge on any atom is 0.295 e. The minimum atomic E-state index is -0.767. The maximum atomic E-state index is 13.4. The summed E-state index contributed by atoms with van der Waals surface area (Å²) >= 11 is 0. The van der Waals surface area contributed by atoms with Crippen LogP contribution >= 0.6 is 0 Å². The third kappa shape index (κ3) is 5.31. The fourth-order valence-electron chi connectivity index (χ4n) is 4.45. The van der Waals surface area contributed by atoms with E-state index in [0.717, 1.165) is 23.2 Å². The van der Waals surface area contributed by atoms with E-state index in [1.807, 2.05) is 74.4 Å². The SMILES string of the molecule is CCCOc1ccc(/C(O)=C2/C(=O)C(=O)N(Cc3ccccc3OC)C2c2ccc(N(C)C)cc2)cc1. The highest BCUT2D eigenvalue weighted by Gasteiger charge is 2.46. The van der Waals surface area contributed by atoms with Crippen LogP contribution in [-0.2, 0) is 16.1 Å². The van der Waals surface area contributed by atoms with Crippen molar-refractivity contribution in [3.05, 3.63) is 95.1 Å². The molecule has 1 atom stereocenters. The van der Waals surface area contributed by atoms with Gasteiger partial charge >= 0.3 is 0 Å². The van der Waals surface area contributed by atoms with Crippen molar-refractivity contribution in [1.82, 2.24) is 4.90 Å².